The molecule has 0 saturated carbocycles. The van der Waals surface area contributed by atoms with Gasteiger partial charge in [-0.15, -0.1) is 0 Å². The fourth-order valence-electron chi connectivity index (χ4n) is 0.773. The van der Waals surface area contributed by atoms with Gasteiger partial charge in [-0.2, -0.15) is 0 Å². The first-order valence-electron chi connectivity index (χ1n) is 3.67. The van der Waals surface area contributed by atoms with E-state index < -0.39 is 0 Å². The lowest BCUT2D eigenvalue weighted by atomic mass is 10.1. The van der Waals surface area contributed by atoms with Crippen LogP contribution in [0.1, 0.15) is 26.7 Å². The summed E-state index contributed by atoms with van der Waals surface area (Å²) in [4.78, 5) is 10.9. The lowest BCUT2D eigenvalue weighted by Gasteiger charge is -2.01. The smallest absolute Gasteiger partial charge is 0.135 e. The van der Waals surface area contributed by atoms with Crippen LogP contribution >= 0.6 is 0 Å². The molecular formula is C8H16O2. The van der Waals surface area contributed by atoms with Crippen LogP contribution in [0.3, 0.4) is 0 Å². The van der Waals surface area contributed by atoms with Gasteiger partial charge in [-0.25, -0.2) is 0 Å². The minimum absolute atomic E-state index is 0.303. The molecule has 0 saturated heterocycles. The van der Waals surface area contributed by atoms with Crippen LogP contribution in [-0.4, -0.2) is 19.5 Å². The van der Waals surface area contributed by atoms with Gasteiger partial charge in [0.25, 0.3) is 0 Å². The molecule has 2 nitrogen and oxygen atoms in total. The standard InChI is InChI=1S/C8H16O2/c1-7(2)6-8(9)4-5-10-3/h7H,4-6H2,1-3H3. The van der Waals surface area contributed by atoms with Gasteiger partial charge in [0.2, 0.25) is 0 Å². The Kier molecular flexibility index (Phi) is 5.22. The molecule has 0 atom stereocenters. The number of ketones is 1. The van der Waals surface area contributed by atoms with Crippen molar-refractivity contribution < 1.29 is 9.53 Å². The van der Waals surface area contributed by atoms with Crippen LogP contribution in [0.4, 0.5) is 0 Å². The van der Waals surface area contributed by atoms with E-state index in [-0.39, 0.29) is 0 Å². The zero-order valence-corrected chi connectivity index (χ0v) is 7.02. The Morgan fingerprint density at radius 3 is 2.50 bits per heavy atom. The highest BCUT2D eigenvalue weighted by atomic mass is 16.5. The molecule has 0 aromatic heterocycles. The average molecular weight is 144 g/mol. The Labute approximate surface area is 62.6 Å². The van der Waals surface area contributed by atoms with Gasteiger partial charge in [0, 0.05) is 20.0 Å². The Bertz CT molecular complexity index is 97.4. The molecule has 0 aromatic rings. The van der Waals surface area contributed by atoms with Crippen molar-refractivity contribution in [2.24, 2.45) is 5.92 Å². The SMILES string of the molecule is COCCC(=O)CC(C)C. The number of hydrogen-bond acceptors (Lipinski definition) is 2. The van der Waals surface area contributed by atoms with Gasteiger partial charge in [0.1, 0.15) is 5.78 Å². The zero-order chi connectivity index (χ0) is 7.98. The van der Waals surface area contributed by atoms with Gasteiger partial charge in [-0.1, -0.05) is 13.8 Å². The van der Waals surface area contributed by atoms with E-state index >= 15 is 0 Å². The first kappa shape index (κ1) is 9.63. The van der Waals surface area contributed by atoms with Gasteiger partial charge in [0.05, 0.1) is 6.61 Å². The number of methoxy groups -OCH3 is 1. The summed E-state index contributed by atoms with van der Waals surface area (Å²) in [7, 11) is 1.61. The molecule has 0 aliphatic heterocycles. The summed E-state index contributed by atoms with van der Waals surface area (Å²) in [6.45, 7) is 4.65. The molecule has 0 fully saturated rings. The molecule has 0 radical (unpaired) electrons. The van der Waals surface area contributed by atoms with Crippen LogP contribution in [0.15, 0.2) is 0 Å². The quantitative estimate of drug-likeness (QED) is 0.586. The van der Waals surface area contributed by atoms with Crippen LogP contribution in [0.5, 0.6) is 0 Å². The maximum Gasteiger partial charge on any atom is 0.135 e. The van der Waals surface area contributed by atoms with Gasteiger partial charge < -0.3 is 4.74 Å². The topological polar surface area (TPSA) is 26.3 Å². The van der Waals surface area contributed by atoms with Crippen LogP contribution in [0.25, 0.3) is 0 Å². The highest BCUT2D eigenvalue weighted by Gasteiger charge is 2.03. The predicted octanol–water partition coefficient (Wildman–Crippen LogP) is 1.64. The molecule has 0 heterocycles. The highest BCUT2D eigenvalue weighted by Crippen LogP contribution is 2.01. The van der Waals surface area contributed by atoms with Crippen molar-refractivity contribution in [2.75, 3.05) is 13.7 Å². The van der Waals surface area contributed by atoms with E-state index in [0.29, 0.717) is 31.1 Å². The summed E-state index contributed by atoms with van der Waals surface area (Å²) in [6.07, 6.45) is 1.25. The maximum atomic E-state index is 10.9. The predicted molar refractivity (Wildman–Crippen MR) is 41.0 cm³/mol. The summed E-state index contributed by atoms with van der Waals surface area (Å²) in [5.74, 6) is 0.779. The number of hydrogen-bond donors (Lipinski definition) is 0. The third-order valence-corrected chi connectivity index (χ3v) is 1.22. The number of carbonyl (C=O) groups is 1. The van der Waals surface area contributed by atoms with E-state index in [9.17, 15) is 4.79 Å². The summed E-state index contributed by atoms with van der Waals surface area (Å²) >= 11 is 0. The van der Waals surface area contributed by atoms with E-state index in [1.165, 1.54) is 0 Å². The van der Waals surface area contributed by atoms with Crippen molar-refractivity contribution in [2.45, 2.75) is 26.7 Å². The molecule has 2 heteroatoms. The fraction of sp³-hybridized carbons (Fsp3) is 0.875. The van der Waals surface area contributed by atoms with E-state index in [0.717, 1.165) is 0 Å². The minimum Gasteiger partial charge on any atom is -0.384 e. The van der Waals surface area contributed by atoms with Gasteiger partial charge in [0.15, 0.2) is 0 Å². The second-order valence-electron chi connectivity index (χ2n) is 2.88. The third kappa shape index (κ3) is 5.76. The van der Waals surface area contributed by atoms with Crippen LogP contribution in [-0.2, 0) is 9.53 Å². The van der Waals surface area contributed by atoms with Crippen LogP contribution in [0, 0.1) is 5.92 Å². The van der Waals surface area contributed by atoms with Crippen molar-refractivity contribution in [3.05, 3.63) is 0 Å². The first-order chi connectivity index (χ1) is 4.66. The average Bonchev–Trinajstić information content (AvgIpc) is 1.82. The molecular weight excluding hydrogens is 128 g/mol. The maximum absolute atomic E-state index is 10.9. The Balaban J connectivity index is 3.26. The second kappa shape index (κ2) is 5.42. The lowest BCUT2D eigenvalue weighted by molar-refractivity contribution is -0.120. The molecule has 0 aliphatic carbocycles. The van der Waals surface area contributed by atoms with E-state index in [1.807, 2.05) is 13.8 Å². The highest BCUT2D eigenvalue weighted by molar-refractivity contribution is 5.78. The number of Topliss-reactive ketones (excluding diaryl/α,β-unsaturated/α-hetero) is 1. The second-order valence-corrected chi connectivity index (χ2v) is 2.88. The van der Waals surface area contributed by atoms with Crippen molar-refractivity contribution in [3.8, 4) is 0 Å². The molecule has 0 aliphatic rings. The van der Waals surface area contributed by atoms with Crippen molar-refractivity contribution in [1.29, 1.82) is 0 Å². The normalized spacial score (nSPS) is 10.4. The molecule has 0 amide bonds. The number of carbonyl (C=O) groups excluding carboxylic acids is 1. The third-order valence-electron chi connectivity index (χ3n) is 1.22. The van der Waals surface area contributed by atoms with Gasteiger partial charge in [-0.05, 0) is 5.92 Å². The molecule has 0 aromatic carbocycles. The largest absolute Gasteiger partial charge is 0.384 e. The Morgan fingerprint density at radius 2 is 2.10 bits per heavy atom. The van der Waals surface area contributed by atoms with Gasteiger partial charge >= 0.3 is 0 Å². The lowest BCUT2D eigenvalue weighted by Crippen LogP contribution is -2.05. The molecule has 60 valence electrons. The van der Waals surface area contributed by atoms with Crippen molar-refractivity contribution in [3.63, 3.8) is 0 Å². The minimum atomic E-state index is 0.303. The Hall–Kier alpha value is -0.370. The van der Waals surface area contributed by atoms with E-state index in [2.05, 4.69) is 0 Å². The number of rotatable bonds is 5. The fourth-order valence-corrected chi connectivity index (χ4v) is 0.773. The van der Waals surface area contributed by atoms with Crippen molar-refractivity contribution >= 4 is 5.78 Å². The zero-order valence-electron chi connectivity index (χ0n) is 7.02. The van der Waals surface area contributed by atoms with Crippen LogP contribution in [0.2, 0.25) is 0 Å². The monoisotopic (exact) mass is 144 g/mol. The van der Waals surface area contributed by atoms with Gasteiger partial charge in [-0.3, -0.25) is 4.79 Å². The first-order valence-corrected chi connectivity index (χ1v) is 3.67. The summed E-state index contributed by atoms with van der Waals surface area (Å²) in [5, 5.41) is 0. The van der Waals surface area contributed by atoms with E-state index in [4.69, 9.17) is 4.74 Å². The molecule has 0 spiro atoms. The Morgan fingerprint density at radius 1 is 1.50 bits per heavy atom. The van der Waals surface area contributed by atoms with Crippen LogP contribution < -0.4 is 0 Å². The molecule has 0 unspecified atom stereocenters. The molecule has 0 N–H and O–H groups in total. The molecule has 0 rings (SSSR count). The summed E-state index contributed by atoms with van der Waals surface area (Å²) < 4.78 is 4.77. The summed E-state index contributed by atoms with van der Waals surface area (Å²) in [5.41, 5.74) is 0. The van der Waals surface area contributed by atoms with E-state index in [1.54, 1.807) is 7.11 Å². The molecule has 0 bridgehead atoms. The molecule has 10 heavy (non-hydrogen) atoms. The van der Waals surface area contributed by atoms with Crippen molar-refractivity contribution in [1.82, 2.24) is 0 Å². The summed E-state index contributed by atoms with van der Waals surface area (Å²) in [6, 6.07) is 0. The number of ether oxygens (including phenoxy) is 1.